The highest BCUT2D eigenvalue weighted by molar-refractivity contribution is 7.60. The highest BCUT2D eigenvalue weighted by Gasteiger charge is 2.33. The molecule has 0 saturated heterocycles. The third-order valence-corrected chi connectivity index (χ3v) is 5.98. The minimum Gasteiger partial charge on any atom is -0.198 e. The summed E-state index contributed by atoms with van der Waals surface area (Å²) >= 11 is 0. The van der Waals surface area contributed by atoms with Gasteiger partial charge in [0.05, 0.1) is 6.07 Å². The minimum atomic E-state index is -0.0711. The first-order valence-corrected chi connectivity index (χ1v) is 6.37. The molecule has 0 aromatic carbocycles. The normalized spacial score (nSPS) is 13.1. The molecule has 0 fully saturated rings. The lowest BCUT2D eigenvalue weighted by molar-refractivity contribution is 0.703. The van der Waals surface area contributed by atoms with Gasteiger partial charge in [-0.1, -0.05) is 49.5 Å². The largest absolute Gasteiger partial charge is 0.198 e. The summed E-state index contributed by atoms with van der Waals surface area (Å²) < 4.78 is 0. The average molecular weight is 199 g/mol. The van der Waals surface area contributed by atoms with Crippen molar-refractivity contribution in [1.82, 2.24) is 0 Å². The van der Waals surface area contributed by atoms with E-state index in [1.54, 1.807) is 0 Å². The quantitative estimate of drug-likeness (QED) is 0.617. The standard InChI is InChI=1S/C11H22NP/c1-10(2,3)13(9-7-8-12)11(4,5)6/h7,9H2,1-6H3. The molecule has 0 saturated carbocycles. The van der Waals surface area contributed by atoms with E-state index in [-0.39, 0.29) is 7.92 Å². The fourth-order valence-corrected chi connectivity index (χ4v) is 5.52. The van der Waals surface area contributed by atoms with Crippen molar-refractivity contribution in [2.45, 2.75) is 58.3 Å². The van der Waals surface area contributed by atoms with Gasteiger partial charge >= 0.3 is 0 Å². The van der Waals surface area contributed by atoms with Crippen LogP contribution in [0.1, 0.15) is 48.0 Å². The first-order valence-electron chi connectivity index (χ1n) is 4.84. The second-order valence-electron chi connectivity index (χ2n) is 5.40. The van der Waals surface area contributed by atoms with Gasteiger partial charge in [-0.25, -0.2) is 0 Å². The number of nitriles is 1. The molecule has 1 nitrogen and oxygen atoms in total. The van der Waals surface area contributed by atoms with Gasteiger partial charge in [-0.05, 0) is 16.5 Å². The lowest BCUT2D eigenvalue weighted by Gasteiger charge is -2.41. The summed E-state index contributed by atoms with van der Waals surface area (Å²) in [5, 5.41) is 9.34. The Kier molecular flexibility index (Phi) is 4.40. The Hall–Kier alpha value is -0.0800. The predicted octanol–water partition coefficient (Wildman–Crippen LogP) is 3.98. The zero-order chi connectivity index (χ0) is 10.7. The maximum absolute atomic E-state index is 8.61. The fraction of sp³-hybridized carbons (Fsp3) is 0.909. The van der Waals surface area contributed by atoms with E-state index in [1.165, 1.54) is 0 Å². The molecule has 0 atom stereocenters. The molecular weight excluding hydrogens is 177 g/mol. The van der Waals surface area contributed by atoms with Gasteiger partial charge in [-0.2, -0.15) is 5.26 Å². The SMILES string of the molecule is CC(C)(C)P(CCC#N)C(C)(C)C. The first kappa shape index (κ1) is 12.9. The van der Waals surface area contributed by atoms with E-state index in [1.807, 2.05) is 0 Å². The third kappa shape index (κ3) is 4.63. The van der Waals surface area contributed by atoms with Crippen molar-refractivity contribution in [3.05, 3.63) is 0 Å². The van der Waals surface area contributed by atoms with Crippen molar-refractivity contribution >= 4 is 7.92 Å². The van der Waals surface area contributed by atoms with E-state index in [0.29, 0.717) is 16.7 Å². The summed E-state index contributed by atoms with van der Waals surface area (Å²) in [6, 6.07) is 2.26. The predicted molar refractivity (Wildman–Crippen MR) is 61.5 cm³/mol. The Balaban J connectivity index is 4.50. The summed E-state index contributed by atoms with van der Waals surface area (Å²) in [6.45, 7) is 13.8. The van der Waals surface area contributed by atoms with Crippen LogP contribution < -0.4 is 0 Å². The van der Waals surface area contributed by atoms with Crippen LogP contribution in [-0.4, -0.2) is 16.5 Å². The zero-order valence-corrected chi connectivity index (χ0v) is 10.7. The molecule has 0 bridgehead atoms. The molecule has 0 amide bonds. The maximum atomic E-state index is 8.61. The molecule has 0 aliphatic heterocycles. The number of hydrogen-bond donors (Lipinski definition) is 0. The minimum absolute atomic E-state index is 0.0711. The van der Waals surface area contributed by atoms with Crippen LogP contribution in [0.2, 0.25) is 0 Å². The Morgan fingerprint density at radius 1 is 1.00 bits per heavy atom. The molecule has 0 N–H and O–H groups in total. The van der Waals surface area contributed by atoms with Crippen molar-refractivity contribution in [2.75, 3.05) is 6.16 Å². The molecule has 0 heterocycles. The zero-order valence-electron chi connectivity index (χ0n) is 9.81. The summed E-state index contributed by atoms with van der Waals surface area (Å²) in [5.74, 6) is 0. The smallest absolute Gasteiger partial charge is 0.0625 e. The fourth-order valence-electron chi connectivity index (χ4n) is 1.84. The van der Waals surface area contributed by atoms with Crippen LogP contribution in [0.4, 0.5) is 0 Å². The van der Waals surface area contributed by atoms with Crippen LogP contribution in [0.25, 0.3) is 0 Å². The molecule has 0 radical (unpaired) electrons. The molecule has 0 rings (SSSR count). The van der Waals surface area contributed by atoms with Crippen molar-refractivity contribution in [1.29, 1.82) is 5.26 Å². The van der Waals surface area contributed by atoms with Gasteiger partial charge in [0, 0.05) is 6.42 Å². The van der Waals surface area contributed by atoms with E-state index >= 15 is 0 Å². The molecule has 0 unspecified atom stereocenters. The molecule has 0 aromatic rings. The molecule has 0 aliphatic rings. The Bertz CT molecular complexity index is 176. The third-order valence-electron chi connectivity index (χ3n) is 2.07. The van der Waals surface area contributed by atoms with E-state index in [9.17, 15) is 0 Å². The van der Waals surface area contributed by atoms with Crippen LogP contribution >= 0.6 is 7.92 Å². The lowest BCUT2D eigenvalue weighted by Crippen LogP contribution is -2.26. The molecule has 0 spiro atoms. The first-order chi connectivity index (χ1) is 5.69. The van der Waals surface area contributed by atoms with Crippen LogP contribution in [0.5, 0.6) is 0 Å². The van der Waals surface area contributed by atoms with Crippen LogP contribution in [0.3, 0.4) is 0 Å². The lowest BCUT2D eigenvalue weighted by atomic mass is 10.2. The summed E-state index contributed by atoms with van der Waals surface area (Å²) in [6.07, 6.45) is 1.79. The average Bonchev–Trinajstić information content (AvgIpc) is 1.81. The number of rotatable bonds is 2. The molecule has 76 valence electrons. The van der Waals surface area contributed by atoms with Gasteiger partial charge in [0.15, 0.2) is 0 Å². The summed E-state index contributed by atoms with van der Waals surface area (Å²) in [4.78, 5) is 0. The molecule has 0 aliphatic carbocycles. The highest BCUT2D eigenvalue weighted by Crippen LogP contribution is 2.59. The second-order valence-corrected chi connectivity index (χ2v) is 9.39. The summed E-state index contributed by atoms with van der Waals surface area (Å²) in [5.41, 5.74) is 0. The maximum Gasteiger partial charge on any atom is 0.0625 e. The second kappa shape index (κ2) is 4.43. The Morgan fingerprint density at radius 2 is 1.38 bits per heavy atom. The van der Waals surface area contributed by atoms with Crippen LogP contribution in [0, 0.1) is 11.3 Å². The van der Waals surface area contributed by atoms with Gasteiger partial charge in [0.1, 0.15) is 0 Å². The Labute approximate surface area is 84.3 Å². The molecule has 0 aromatic heterocycles. The number of nitrogens with zero attached hydrogens (tertiary/aromatic N) is 1. The monoisotopic (exact) mass is 199 g/mol. The number of hydrogen-bond acceptors (Lipinski definition) is 1. The molecular formula is C11H22NP. The van der Waals surface area contributed by atoms with Crippen LogP contribution in [0.15, 0.2) is 0 Å². The van der Waals surface area contributed by atoms with E-state index in [0.717, 1.165) is 6.16 Å². The van der Waals surface area contributed by atoms with E-state index < -0.39 is 0 Å². The van der Waals surface area contributed by atoms with E-state index in [4.69, 9.17) is 5.26 Å². The summed E-state index contributed by atoms with van der Waals surface area (Å²) in [7, 11) is -0.0711. The van der Waals surface area contributed by atoms with Gasteiger partial charge < -0.3 is 0 Å². The molecule has 13 heavy (non-hydrogen) atoms. The Morgan fingerprint density at radius 3 is 1.62 bits per heavy atom. The highest BCUT2D eigenvalue weighted by atomic mass is 31.1. The van der Waals surface area contributed by atoms with Gasteiger partial charge in [-0.15, -0.1) is 0 Å². The van der Waals surface area contributed by atoms with Gasteiger partial charge in [0.25, 0.3) is 0 Å². The van der Waals surface area contributed by atoms with Crippen molar-refractivity contribution in [3.63, 3.8) is 0 Å². The van der Waals surface area contributed by atoms with Gasteiger partial charge in [0.2, 0.25) is 0 Å². The van der Waals surface area contributed by atoms with Crippen molar-refractivity contribution in [3.8, 4) is 6.07 Å². The van der Waals surface area contributed by atoms with Crippen molar-refractivity contribution < 1.29 is 0 Å². The van der Waals surface area contributed by atoms with E-state index in [2.05, 4.69) is 47.6 Å². The topological polar surface area (TPSA) is 23.8 Å². The molecule has 2 heteroatoms. The van der Waals surface area contributed by atoms with Crippen molar-refractivity contribution in [2.24, 2.45) is 0 Å². The van der Waals surface area contributed by atoms with Gasteiger partial charge in [-0.3, -0.25) is 0 Å². The van der Waals surface area contributed by atoms with Crippen LogP contribution in [-0.2, 0) is 0 Å².